The van der Waals surface area contributed by atoms with Crippen molar-refractivity contribution in [1.82, 2.24) is 15.0 Å². The van der Waals surface area contributed by atoms with E-state index in [-0.39, 0.29) is 17.8 Å². The van der Waals surface area contributed by atoms with Crippen molar-refractivity contribution in [3.63, 3.8) is 0 Å². The number of anilines is 4. The molecular weight excluding hydrogens is 256 g/mol. The minimum absolute atomic E-state index is 0.0468. The van der Waals surface area contributed by atoms with Crippen molar-refractivity contribution in [2.45, 2.75) is 0 Å². The third kappa shape index (κ3) is 3.55. The van der Waals surface area contributed by atoms with Crippen LogP contribution in [-0.4, -0.2) is 35.3 Å². The summed E-state index contributed by atoms with van der Waals surface area (Å²) in [4.78, 5) is 13.4. The van der Waals surface area contributed by atoms with Gasteiger partial charge in [-0.3, -0.25) is 0 Å². The quantitative estimate of drug-likeness (QED) is 0.549. The molecular formula is C12H16N8. The Bertz CT molecular complexity index is 585. The zero-order chi connectivity index (χ0) is 14.5. The van der Waals surface area contributed by atoms with Gasteiger partial charge in [0.1, 0.15) is 0 Å². The molecule has 5 N–H and O–H groups in total. The highest BCUT2D eigenvalue weighted by molar-refractivity contribution is 5.80. The Hall–Kier alpha value is -2.90. The van der Waals surface area contributed by atoms with Gasteiger partial charge in [0.05, 0.1) is 6.21 Å². The summed E-state index contributed by atoms with van der Waals surface area (Å²) in [5.74, 6) is 0.298. The fraction of sp³-hybridized carbons (Fsp3) is 0.167. The summed E-state index contributed by atoms with van der Waals surface area (Å²) in [5, 5.41) is 4.02. The second-order valence-electron chi connectivity index (χ2n) is 4.23. The van der Waals surface area contributed by atoms with Gasteiger partial charge in [-0.15, -0.1) is 0 Å². The zero-order valence-electron chi connectivity index (χ0n) is 11.3. The molecule has 0 aliphatic heterocycles. The van der Waals surface area contributed by atoms with E-state index in [4.69, 9.17) is 11.5 Å². The molecule has 0 saturated heterocycles. The third-order valence-electron chi connectivity index (χ3n) is 2.46. The van der Waals surface area contributed by atoms with Gasteiger partial charge in [-0.1, -0.05) is 12.1 Å². The molecule has 0 aliphatic carbocycles. The topological polar surface area (TPSA) is 118 Å². The van der Waals surface area contributed by atoms with Crippen LogP contribution < -0.4 is 21.8 Å². The molecule has 0 saturated carbocycles. The Morgan fingerprint density at radius 1 is 1.05 bits per heavy atom. The summed E-state index contributed by atoms with van der Waals surface area (Å²) >= 11 is 0. The predicted molar refractivity (Wildman–Crippen MR) is 80.6 cm³/mol. The minimum Gasteiger partial charge on any atom is -0.378 e. The maximum absolute atomic E-state index is 5.45. The molecule has 0 spiro atoms. The van der Waals surface area contributed by atoms with Gasteiger partial charge in [0.25, 0.3) is 0 Å². The van der Waals surface area contributed by atoms with E-state index in [1.165, 1.54) is 0 Å². The monoisotopic (exact) mass is 272 g/mol. The lowest BCUT2D eigenvalue weighted by atomic mass is 10.2. The van der Waals surface area contributed by atoms with E-state index in [1.54, 1.807) is 6.21 Å². The number of hydrogen-bond donors (Lipinski definition) is 3. The summed E-state index contributed by atoms with van der Waals surface area (Å²) in [6.45, 7) is 0. The molecule has 0 aliphatic rings. The van der Waals surface area contributed by atoms with E-state index in [0.29, 0.717) is 0 Å². The van der Waals surface area contributed by atoms with Crippen molar-refractivity contribution >= 4 is 29.7 Å². The lowest BCUT2D eigenvalue weighted by Gasteiger charge is -2.11. The smallest absolute Gasteiger partial charge is 0.250 e. The molecule has 0 atom stereocenters. The first-order chi connectivity index (χ1) is 9.54. The van der Waals surface area contributed by atoms with Crippen molar-refractivity contribution in [3.05, 3.63) is 29.8 Å². The van der Waals surface area contributed by atoms with Gasteiger partial charge in [-0.2, -0.15) is 20.1 Å². The maximum atomic E-state index is 5.45. The van der Waals surface area contributed by atoms with E-state index in [9.17, 15) is 0 Å². The van der Waals surface area contributed by atoms with Gasteiger partial charge in [0.15, 0.2) is 0 Å². The van der Waals surface area contributed by atoms with Crippen LogP contribution in [0.25, 0.3) is 0 Å². The lowest BCUT2D eigenvalue weighted by Crippen LogP contribution is -2.08. The molecule has 1 aromatic heterocycles. The number of nitrogens with one attached hydrogen (secondary N) is 1. The Morgan fingerprint density at radius 3 is 2.20 bits per heavy atom. The van der Waals surface area contributed by atoms with Crippen LogP contribution >= 0.6 is 0 Å². The van der Waals surface area contributed by atoms with Crippen LogP contribution in [0.15, 0.2) is 29.4 Å². The lowest BCUT2D eigenvalue weighted by molar-refractivity contribution is 1.06. The minimum atomic E-state index is 0.0468. The van der Waals surface area contributed by atoms with Crippen molar-refractivity contribution < 1.29 is 0 Å². The Kier molecular flexibility index (Phi) is 3.94. The van der Waals surface area contributed by atoms with E-state index in [2.05, 4.69) is 25.5 Å². The molecule has 104 valence electrons. The van der Waals surface area contributed by atoms with Crippen LogP contribution in [0.3, 0.4) is 0 Å². The van der Waals surface area contributed by atoms with E-state index < -0.39 is 0 Å². The summed E-state index contributed by atoms with van der Waals surface area (Å²) in [6, 6.07) is 7.91. The Balaban J connectivity index is 2.02. The van der Waals surface area contributed by atoms with Gasteiger partial charge in [-0.25, -0.2) is 5.43 Å². The number of benzene rings is 1. The molecule has 2 rings (SSSR count). The number of nitrogen functional groups attached to an aromatic ring is 2. The van der Waals surface area contributed by atoms with Gasteiger partial charge in [0.2, 0.25) is 17.8 Å². The molecule has 8 nitrogen and oxygen atoms in total. The number of hydrogen-bond acceptors (Lipinski definition) is 8. The van der Waals surface area contributed by atoms with Crippen molar-refractivity contribution in [3.8, 4) is 0 Å². The van der Waals surface area contributed by atoms with Crippen LogP contribution in [0.1, 0.15) is 5.56 Å². The van der Waals surface area contributed by atoms with Crippen molar-refractivity contribution in [2.24, 2.45) is 5.10 Å². The van der Waals surface area contributed by atoms with Crippen LogP contribution in [0.4, 0.5) is 23.5 Å². The SMILES string of the molecule is CN(C)c1ccc(/C=N/Nc2nc(N)nc(N)n2)cc1. The number of aromatic nitrogens is 3. The highest BCUT2D eigenvalue weighted by atomic mass is 15.4. The second kappa shape index (κ2) is 5.83. The predicted octanol–water partition coefficient (Wildman–Crippen LogP) is 0.548. The first-order valence-corrected chi connectivity index (χ1v) is 5.88. The molecule has 1 aromatic carbocycles. The van der Waals surface area contributed by atoms with E-state index in [0.717, 1.165) is 11.3 Å². The maximum Gasteiger partial charge on any atom is 0.250 e. The molecule has 8 heteroatoms. The number of hydrazone groups is 1. The average Bonchev–Trinajstić information content (AvgIpc) is 2.38. The highest BCUT2D eigenvalue weighted by Crippen LogP contribution is 2.11. The van der Waals surface area contributed by atoms with Gasteiger partial charge in [0, 0.05) is 19.8 Å². The highest BCUT2D eigenvalue weighted by Gasteiger charge is 1.99. The fourth-order valence-corrected chi connectivity index (χ4v) is 1.48. The second-order valence-corrected chi connectivity index (χ2v) is 4.23. The first kappa shape index (κ1) is 13.5. The molecule has 0 fully saturated rings. The van der Waals surface area contributed by atoms with Crippen LogP contribution in [0.2, 0.25) is 0 Å². The average molecular weight is 272 g/mol. The Morgan fingerprint density at radius 2 is 1.65 bits per heavy atom. The van der Waals surface area contributed by atoms with Crippen molar-refractivity contribution in [1.29, 1.82) is 0 Å². The van der Waals surface area contributed by atoms with Crippen LogP contribution in [0, 0.1) is 0 Å². The first-order valence-electron chi connectivity index (χ1n) is 5.88. The summed E-state index contributed by atoms with van der Waals surface area (Å²) in [7, 11) is 3.97. The van der Waals surface area contributed by atoms with Crippen LogP contribution in [-0.2, 0) is 0 Å². The molecule has 0 unspecified atom stereocenters. The summed E-state index contributed by atoms with van der Waals surface area (Å²) < 4.78 is 0. The number of nitrogens with two attached hydrogens (primary N) is 2. The molecule has 0 radical (unpaired) electrons. The number of rotatable bonds is 4. The van der Waals surface area contributed by atoms with Crippen LogP contribution in [0.5, 0.6) is 0 Å². The fourth-order valence-electron chi connectivity index (χ4n) is 1.48. The molecule has 0 amide bonds. The zero-order valence-corrected chi connectivity index (χ0v) is 11.3. The molecule has 0 bridgehead atoms. The molecule has 2 aromatic rings. The molecule has 20 heavy (non-hydrogen) atoms. The summed E-state index contributed by atoms with van der Waals surface area (Å²) in [6.07, 6.45) is 1.65. The summed E-state index contributed by atoms with van der Waals surface area (Å²) in [5.41, 5.74) is 15.6. The van der Waals surface area contributed by atoms with Gasteiger partial charge < -0.3 is 16.4 Å². The third-order valence-corrected chi connectivity index (χ3v) is 2.46. The normalized spacial score (nSPS) is 10.7. The van der Waals surface area contributed by atoms with Gasteiger partial charge >= 0.3 is 0 Å². The standard InChI is InChI=1S/C12H16N8/c1-20(2)9-5-3-8(4-6-9)7-15-19-12-17-10(13)16-11(14)18-12/h3-7H,1-2H3,(H5,13,14,16,17,18,19)/b15-7+. The Labute approximate surface area is 116 Å². The largest absolute Gasteiger partial charge is 0.378 e. The number of nitrogens with zero attached hydrogens (tertiary/aromatic N) is 5. The van der Waals surface area contributed by atoms with Crippen molar-refractivity contribution in [2.75, 3.05) is 35.9 Å². The van der Waals surface area contributed by atoms with E-state index >= 15 is 0 Å². The van der Waals surface area contributed by atoms with Gasteiger partial charge in [-0.05, 0) is 17.7 Å². The molecule has 1 heterocycles. The van der Waals surface area contributed by atoms with E-state index in [1.807, 2.05) is 43.3 Å².